The Labute approximate surface area is 118 Å². The van der Waals surface area contributed by atoms with Crippen molar-refractivity contribution >= 4 is 11.6 Å². The molecule has 1 saturated heterocycles. The molecule has 1 heterocycles. The summed E-state index contributed by atoms with van der Waals surface area (Å²) in [4.78, 5) is 14.6. The fourth-order valence-corrected chi connectivity index (χ4v) is 2.87. The average molecular weight is 275 g/mol. The number of likely N-dealkylation sites (tertiary alicyclic amines) is 1. The van der Waals surface area contributed by atoms with Crippen LogP contribution in [0.5, 0.6) is 5.75 Å². The van der Waals surface area contributed by atoms with Gasteiger partial charge in [0, 0.05) is 24.8 Å². The number of nitrogens with one attached hydrogen (secondary N) is 1. The zero-order valence-electron chi connectivity index (χ0n) is 11.5. The minimum Gasteiger partial charge on any atom is -0.508 e. The second-order valence-corrected chi connectivity index (χ2v) is 5.86. The van der Waals surface area contributed by atoms with E-state index in [2.05, 4.69) is 10.2 Å². The summed E-state index contributed by atoms with van der Waals surface area (Å²) in [5.41, 5.74) is 6.51. The van der Waals surface area contributed by atoms with Crippen LogP contribution in [-0.4, -0.2) is 41.6 Å². The molecule has 2 fully saturated rings. The fourth-order valence-electron chi connectivity index (χ4n) is 2.87. The van der Waals surface area contributed by atoms with Crippen LogP contribution in [0.2, 0.25) is 0 Å². The topological polar surface area (TPSA) is 78.6 Å². The molecule has 1 aromatic carbocycles. The van der Waals surface area contributed by atoms with E-state index in [0.29, 0.717) is 23.7 Å². The van der Waals surface area contributed by atoms with Crippen LogP contribution in [-0.2, 0) is 0 Å². The number of carbonyl (C=O) groups excluding carboxylic acids is 1. The summed E-state index contributed by atoms with van der Waals surface area (Å²) in [7, 11) is 0. The number of hydrogen-bond donors (Lipinski definition) is 3. The number of carbonyl (C=O) groups is 1. The lowest BCUT2D eigenvalue weighted by molar-refractivity contribution is 0.0948. The van der Waals surface area contributed by atoms with Gasteiger partial charge in [0.05, 0.1) is 5.56 Å². The minimum absolute atomic E-state index is 0.0603. The third-order valence-electron chi connectivity index (χ3n) is 4.21. The molecule has 1 unspecified atom stereocenters. The van der Waals surface area contributed by atoms with Crippen molar-refractivity contribution in [3.63, 3.8) is 0 Å². The monoisotopic (exact) mass is 275 g/mol. The van der Waals surface area contributed by atoms with Crippen molar-refractivity contribution in [2.45, 2.75) is 25.3 Å². The van der Waals surface area contributed by atoms with E-state index in [9.17, 15) is 9.90 Å². The van der Waals surface area contributed by atoms with E-state index in [1.807, 2.05) is 0 Å². The van der Waals surface area contributed by atoms with Crippen molar-refractivity contribution in [2.24, 2.45) is 5.92 Å². The molecule has 2 aliphatic rings. The Kier molecular flexibility index (Phi) is 3.53. The molecular formula is C15H21N3O2. The second kappa shape index (κ2) is 5.32. The molecular weight excluding hydrogens is 254 g/mol. The van der Waals surface area contributed by atoms with Gasteiger partial charge in [0.25, 0.3) is 5.91 Å². The first-order chi connectivity index (χ1) is 9.63. The van der Waals surface area contributed by atoms with E-state index < -0.39 is 0 Å². The number of nitrogens with two attached hydrogens (primary N) is 1. The van der Waals surface area contributed by atoms with Crippen molar-refractivity contribution in [1.29, 1.82) is 0 Å². The van der Waals surface area contributed by atoms with Crippen molar-refractivity contribution < 1.29 is 9.90 Å². The van der Waals surface area contributed by atoms with Crippen molar-refractivity contribution in [2.75, 3.05) is 25.4 Å². The van der Waals surface area contributed by atoms with Gasteiger partial charge in [-0.25, -0.2) is 0 Å². The Morgan fingerprint density at radius 1 is 1.40 bits per heavy atom. The van der Waals surface area contributed by atoms with Gasteiger partial charge < -0.3 is 21.1 Å². The molecule has 0 spiro atoms. The highest BCUT2D eigenvalue weighted by molar-refractivity contribution is 5.99. The first-order valence-corrected chi connectivity index (χ1v) is 7.24. The molecule has 1 atom stereocenters. The molecule has 20 heavy (non-hydrogen) atoms. The summed E-state index contributed by atoms with van der Waals surface area (Å²) in [6, 6.07) is 5.25. The summed E-state index contributed by atoms with van der Waals surface area (Å²) in [6.07, 6.45) is 3.81. The Morgan fingerprint density at radius 2 is 2.20 bits per heavy atom. The lowest BCUT2D eigenvalue weighted by atomic mass is 10.1. The SMILES string of the molecule is Nc1ccc(O)cc1C(=O)NCC1CCN(C2CC2)C1. The largest absolute Gasteiger partial charge is 0.508 e. The number of anilines is 1. The second-order valence-electron chi connectivity index (χ2n) is 5.86. The van der Waals surface area contributed by atoms with Gasteiger partial charge in [-0.2, -0.15) is 0 Å². The lowest BCUT2D eigenvalue weighted by Crippen LogP contribution is -2.31. The van der Waals surface area contributed by atoms with Crippen LogP contribution in [0.3, 0.4) is 0 Å². The number of amides is 1. The Morgan fingerprint density at radius 3 is 2.95 bits per heavy atom. The van der Waals surface area contributed by atoms with Gasteiger partial charge in [-0.3, -0.25) is 4.79 Å². The summed E-state index contributed by atoms with van der Waals surface area (Å²) in [5, 5.41) is 12.4. The number of nitrogen functional groups attached to an aromatic ring is 1. The van der Waals surface area contributed by atoms with E-state index in [4.69, 9.17) is 5.73 Å². The highest BCUT2D eigenvalue weighted by Crippen LogP contribution is 2.31. The van der Waals surface area contributed by atoms with Crippen molar-refractivity contribution in [3.8, 4) is 5.75 Å². The first kappa shape index (κ1) is 13.2. The zero-order valence-corrected chi connectivity index (χ0v) is 11.5. The lowest BCUT2D eigenvalue weighted by Gasteiger charge is -2.15. The molecule has 0 radical (unpaired) electrons. The number of nitrogens with zero attached hydrogens (tertiary/aromatic N) is 1. The molecule has 1 aliphatic carbocycles. The maximum Gasteiger partial charge on any atom is 0.253 e. The van der Waals surface area contributed by atoms with Gasteiger partial charge in [-0.1, -0.05) is 0 Å². The highest BCUT2D eigenvalue weighted by Gasteiger charge is 2.34. The van der Waals surface area contributed by atoms with Gasteiger partial charge in [-0.05, 0) is 49.9 Å². The van der Waals surface area contributed by atoms with Gasteiger partial charge in [0.2, 0.25) is 0 Å². The van der Waals surface area contributed by atoms with E-state index in [0.717, 1.165) is 25.6 Å². The number of phenolic OH excluding ortho intramolecular Hbond substituents is 1. The number of hydrogen-bond acceptors (Lipinski definition) is 4. The molecule has 108 valence electrons. The van der Waals surface area contributed by atoms with Gasteiger partial charge in [0.15, 0.2) is 0 Å². The molecule has 0 bridgehead atoms. The molecule has 5 heteroatoms. The van der Waals surface area contributed by atoms with Crippen LogP contribution in [0.25, 0.3) is 0 Å². The highest BCUT2D eigenvalue weighted by atomic mass is 16.3. The number of rotatable bonds is 4. The van der Waals surface area contributed by atoms with Gasteiger partial charge >= 0.3 is 0 Å². The van der Waals surface area contributed by atoms with Gasteiger partial charge in [0.1, 0.15) is 5.75 Å². The minimum atomic E-state index is -0.205. The Balaban J connectivity index is 1.53. The molecule has 1 amide bonds. The summed E-state index contributed by atoms with van der Waals surface area (Å²) in [6.45, 7) is 2.91. The first-order valence-electron chi connectivity index (χ1n) is 7.24. The molecule has 0 aromatic heterocycles. The van der Waals surface area contributed by atoms with Crippen LogP contribution in [0.1, 0.15) is 29.6 Å². The maximum absolute atomic E-state index is 12.1. The quantitative estimate of drug-likeness (QED) is 0.569. The number of aromatic hydroxyl groups is 1. The van der Waals surface area contributed by atoms with Crippen LogP contribution < -0.4 is 11.1 Å². The molecule has 3 rings (SSSR count). The Bertz CT molecular complexity index is 514. The summed E-state index contributed by atoms with van der Waals surface area (Å²) < 4.78 is 0. The third-order valence-corrected chi connectivity index (χ3v) is 4.21. The predicted molar refractivity (Wildman–Crippen MR) is 77.6 cm³/mol. The fraction of sp³-hybridized carbons (Fsp3) is 0.533. The van der Waals surface area contributed by atoms with E-state index in [1.54, 1.807) is 6.07 Å². The van der Waals surface area contributed by atoms with Crippen LogP contribution in [0.15, 0.2) is 18.2 Å². The van der Waals surface area contributed by atoms with Crippen molar-refractivity contribution in [3.05, 3.63) is 23.8 Å². The third kappa shape index (κ3) is 2.88. The normalized spacial score (nSPS) is 22.9. The molecule has 5 nitrogen and oxygen atoms in total. The molecule has 4 N–H and O–H groups in total. The molecule has 1 aliphatic heterocycles. The molecule has 1 aromatic rings. The standard InChI is InChI=1S/C15H21N3O2/c16-14-4-3-12(19)7-13(14)15(20)17-8-10-5-6-18(9-10)11-1-2-11/h3-4,7,10-11,19H,1-2,5-6,8-9,16H2,(H,17,20). The summed E-state index contributed by atoms with van der Waals surface area (Å²) in [5.74, 6) is 0.381. The molecule has 1 saturated carbocycles. The van der Waals surface area contributed by atoms with E-state index in [-0.39, 0.29) is 11.7 Å². The van der Waals surface area contributed by atoms with Gasteiger partial charge in [-0.15, -0.1) is 0 Å². The van der Waals surface area contributed by atoms with E-state index >= 15 is 0 Å². The smallest absolute Gasteiger partial charge is 0.253 e. The maximum atomic E-state index is 12.1. The van der Waals surface area contributed by atoms with Crippen LogP contribution in [0, 0.1) is 5.92 Å². The zero-order chi connectivity index (χ0) is 14.1. The number of phenols is 1. The predicted octanol–water partition coefficient (Wildman–Crippen LogP) is 1.19. The van der Waals surface area contributed by atoms with Crippen molar-refractivity contribution in [1.82, 2.24) is 10.2 Å². The van der Waals surface area contributed by atoms with Crippen LogP contribution >= 0.6 is 0 Å². The van der Waals surface area contributed by atoms with Crippen LogP contribution in [0.4, 0.5) is 5.69 Å². The summed E-state index contributed by atoms with van der Waals surface area (Å²) >= 11 is 0. The Hall–Kier alpha value is -1.75. The van der Waals surface area contributed by atoms with E-state index in [1.165, 1.54) is 25.0 Å². The average Bonchev–Trinajstić information content (AvgIpc) is 3.18. The number of benzene rings is 1.